The minimum absolute atomic E-state index is 0.119. The Morgan fingerprint density at radius 3 is 2.23 bits per heavy atom. The van der Waals surface area contributed by atoms with Crippen molar-refractivity contribution in [1.82, 2.24) is 14.7 Å². The Balaban J connectivity index is 1.77. The van der Waals surface area contributed by atoms with Crippen LogP contribution in [0, 0.1) is 0 Å². The monoisotopic (exact) mass is 359 g/mol. The SMILES string of the molecule is CC1CN(C(=O)CCCC(=O)c2ccccc2)CC(C)N1CCN(C)C. The van der Waals surface area contributed by atoms with Gasteiger partial charge in [-0.2, -0.15) is 0 Å². The lowest BCUT2D eigenvalue weighted by molar-refractivity contribution is -0.135. The molecule has 1 heterocycles. The number of hydrogen-bond acceptors (Lipinski definition) is 4. The zero-order chi connectivity index (χ0) is 19.1. The summed E-state index contributed by atoms with van der Waals surface area (Å²) in [4.78, 5) is 31.4. The maximum Gasteiger partial charge on any atom is 0.222 e. The molecule has 1 fully saturated rings. The molecule has 2 unspecified atom stereocenters. The second kappa shape index (κ2) is 9.83. The summed E-state index contributed by atoms with van der Waals surface area (Å²) in [5.74, 6) is 0.297. The molecule has 26 heavy (non-hydrogen) atoms. The van der Waals surface area contributed by atoms with E-state index in [0.29, 0.717) is 31.3 Å². The lowest BCUT2D eigenvalue weighted by atomic mass is 10.0. The number of hydrogen-bond donors (Lipinski definition) is 0. The quantitative estimate of drug-likeness (QED) is 0.669. The van der Waals surface area contributed by atoms with Crippen LogP contribution in [0.1, 0.15) is 43.5 Å². The highest BCUT2D eigenvalue weighted by molar-refractivity contribution is 5.96. The number of Topliss-reactive ketones (excluding diaryl/α,β-unsaturated/α-hetero) is 1. The number of rotatable bonds is 8. The third kappa shape index (κ3) is 5.92. The fourth-order valence-electron chi connectivity index (χ4n) is 3.64. The van der Waals surface area contributed by atoms with Crippen molar-refractivity contribution >= 4 is 11.7 Å². The van der Waals surface area contributed by atoms with Crippen molar-refractivity contribution in [2.75, 3.05) is 40.3 Å². The summed E-state index contributed by atoms with van der Waals surface area (Å²) in [6.07, 6.45) is 1.51. The molecule has 0 bridgehead atoms. The lowest BCUT2D eigenvalue weighted by Crippen LogP contribution is -2.59. The zero-order valence-electron chi connectivity index (χ0n) is 16.6. The van der Waals surface area contributed by atoms with E-state index < -0.39 is 0 Å². The van der Waals surface area contributed by atoms with Gasteiger partial charge in [0.2, 0.25) is 5.91 Å². The molecular formula is C21H33N3O2. The molecule has 0 radical (unpaired) electrons. The van der Waals surface area contributed by atoms with Crippen LogP contribution in [0.4, 0.5) is 0 Å². The molecule has 0 aromatic heterocycles. The summed E-state index contributed by atoms with van der Waals surface area (Å²) in [5.41, 5.74) is 0.733. The first-order chi connectivity index (χ1) is 12.4. The highest BCUT2D eigenvalue weighted by Gasteiger charge is 2.31. The number of nitrogens with zero attached hydrogens (tertiary/aromatic N) is 3. The van der Waals surface area contributed by atoms with Crippen molar-refractivity contribution in [2.24, 2.45) is 0 Å². The summed E-state index contributed by atoms with van der Waals surface area (Å²) >= 11 is 0. The van der Waals surface area contributed by atoms with E-state index in [-0.39, 0.29) is 11.7 Å². The molecule has 1 saturated heterocycles. The Morgan fingerprint density at radius 1 is 1.04 bits per heavy atom. The maximum absolute atomic E-state index is 12.6. The second-order valence-electron chi connectivity index (χ2n) is 7.68. The Morgan fingerprint density at radius 2 is 1.65 bits per heavy atom. The fourth-order valence-corrected chi connectivity index (χ4v) is 3.64. The van der Waals surface area contributed by atoms with E-state index >= 15 is 0 Å². The number of likely N-dealkylation sites (N-methyl/N-ethyl adjacent to an activating group) is 1. The van der Waals surface area contributed by atoms with Crippen molar-refractivity contribution in [1.29, 1.82) is 0 Å². The summed E-state index contributed by atoms with van der Waals surface area (Å²) in [6, 6.07) is 10.1. The number of carbonyl (C=O) groups excluding carboxylic acids is 2. The molecule has 0 saturated carbocycles. The van der Waals surface area contributed by atoms with Crippen molar-refractivity contribution in [2.45, 2.75) is 45.2 Å². The van der Waals surface area contributed by atoms with Gasteiger partial charge in [0.25, 0.3) is 0 Å². The van der Waals surface area contributed by atoms with Gasteiger partial charge in [-0.3, -0.25) is 14.5 Å². The Kier molecular flexibility index (Phi) is 7.79. The largest absolute Gasteiger partial charge is 0.340 e. The van der Waals surface area contributed by atoms with Crippen LogP contribution in [0.2, 0.25) is 0 Å². The molecule has 144 valence electrons. The van der Waals surface area contributed by atoms with Crippen molar-refractivity contribution in [3.8, 4) is 0 Å². The minimum Gasteiger partial charge on any atom is -0.340 e. The molecule has 5 heteroatoms. The Labute approximate surface area is 158 Å². The highest BCUT2D eigenvalue weighted by Crippen LogP contribution is 2.17. The summed E-state index contributed by atoms with van der Waals surface area (Å²) in [5, 5.41) is 0. The van der Waals surface area contributed by atoms with Gasteiger partial charge >= 0.3 is 0 Å². The predicted octanol–water partition coefficient (Wildman–Crippen LogP) is 2.52. The Hall–Kier alpha value is -1.72. The molecule has 1 aromatic carbocycles. The maximum atomic E-state index is 12.6. The van der Waals surface area contributed by atoms with E-state index in [4.69, 9.17) is 0 Å². The zero-order valence-corrected chi connectivity index (χ0v) is 16.6. The molecule has 2 rings (SSSR count). The van der Waals surface area contributed by atoms with Crippen LogP contribution in [0.25, 0.3) is 0 Å². The lowest BCUT2D eigenvalue weighted by Gasteiger charge is -2.45. The van der Waals surface area contributed by atoms with Crippen LogP contribution < -0.4 is 0 Å². The molecule has 1 aliphatic rings. The number of piperazine rings is 1. The first-order valence-corrected chi connectivity index (χ1v) is 9.65. The summed E-state index contributed by atoms with van der Waals surface area (Å²) in [7, 11) is 4.18. The standard InChI is InChI=1S/C21H33N3O2/c1-17-15-23(16-18(2)24(17)14-13-22(3)4)21(26)12-8-11-20(25)19-9-6-5-7-10-19/h5-7,9-10,17-18H,8,11-16H2,1-4H3. The van der Waals surface area contributed by atoms with Crippen LogP contribution in [-0.2, 0) is 4.79 Å². The van der Waals surface area contributed by atoms with Gasteiger partial charge in [-0.15, -0.1) is 0 Å². The second-order valence-corrected chi connectivity index (χ2v) is 7.68. The molecule has 5 nitrogen and oxygen atoms in total. The van der Waals surface area contributed by atoms with E-state index in [1.165, 1.54) is 0 Å². The Bertz CT molecular complexity index is 576. The third-order valence-corrected chi connectivity index (χ3v) is 5.15. The molecule has 0 aliphatic carbocycles. The fraction of sp³-hybridized carbons (Fsp3) is 0.619. The average Bonchev–Trinajstić information content (AvgIpc) is 2.61. The van der Waals surface area contributed by atoms with Crippen molar-refractivity contribution in [3.63, 3.8) is 0 Å². The average molecular weight is 360 g/mol. The van der Waals surface area contributed by atoms with E-state index in [0.717, 1.165) is 31.7 Å². The van der Waals surface area contributed by atoms with Crippen LogP contribution >= 0.6 is 0 Å². The molecule has 1 amide bonds. The number of benzene rings is 1. The van der Waals surface area contributed by atoms with Crippen LogP contribution in [0.5, 0.6) is 0 Å². The van der Waals surface area contributed by atoms with Gasteiger partial charge in [-0.25, -0.2) is 0 Å². The first kappa shape index (κ1) is 20.6. The first-order valence-electron chi connectivity index (χ1n) is 9.65. The smallest absolute Gasteiger partial charge is 0.222 e. The van der Waals surface area contributed by atoms with Gasteiger partial charge in [-0.05, 0) is 34.4 Å². The predicted molar refractivity (Wildman–Crippen MR) is 105 cm³/mol. The molecule has 2 atom stereocenters. The molecule has 1 aromatic rings. The molecule has 0 spiro atoms. The van der Waals surface area contributed by atoms with Gasteiger partial charge < -0.3 is 9.80 Å². The summed E-state index contributed by atoms with van der Waals surface area (Å²) < 4.78 is 0. The molecule has 1 aliphatic heterocycles. The van der Waals surface area contributed by atoms with Gasteiger partial charge in [-0.1, -0.05) is 30.3 Å². The molecule has 0 N–H and O–H groups in total. The highest BCUT2D eigenvalue weighted by atomic mass is 16.2. The van der Waals surface area contributed by atoms with Gasteiger partial charge in [0.05, 0.1) is 0 Å². The van der Waals surface area contributed by atoms with Gasteiger partial charge in [0, 0.05) is 56.7 Å². The normalized spacial score (nSPS) is 21.2. The number of amides is 1. The van der Waals surface area contributed by atoms with E-state index in [1.54, 1.807) is 0 Å². The van der Waals surface area contributed by atoms with E-state index in [2.05, 4.69) is 37.7 Å². The van der Waals surface area contributed by atoms with Crippen molar-refractivity contribution in [3.05, 3.63) is 35.9 Å². The van der Waals surface area contributed by atoms with Crippen LogP contribution in [-0.4, -0.2) is 78.7 Å². The van der Waals surface area contributed by atoms with Crippen LogP contribution in [0.3, 0.4) is 0 Å². The topological polar surface area (TPSA) is 43.9 Å². The van der Waals surface area contributed by atoms with Crippen LogP contribution in [0.15, 0.2) is 30.3 Å². The van der Waals surface area contributed by atoms with Gasteiger partial charge in [0.1, 0.15) is 0 Å². The number of carbonyl (C=O) groups is 2. The molecular weight excluding hydrogens is 326 g/mol. The van der Waals surface area contributed by atoms with Crippen molar-refractivity contribution < 1.29 is 9.59 Å². The number of ketones is 1. The summed E-state index contributed by atoms with van der Waals surface area (Å²) in [6.45, 7) is 8.02. The van der Waals surface area contributed by atoms with E-state index in [9.17, 15) is 9.59 Å². The van der Waals surface area contributed by atoms with E-state index in [1.807, 2.05) is 35.2 Å². The van der Waals surface area contributed by atoms with Gasteiger partial charge in [0.15, 0.2) is 5.78 Å². The third-order valence-electron chi connectivity index (χ3n) is 5.15. The minimum atomic E-state index is 0.119.